The zero-order valence-corrected chi connectivity index (χ0v) is 9.07. The molecule has 0 aliphatic rings. The molecule has 0 spiro atoms. The van der Waals surface area contributed by atoms with Crippen molar-refractivity contribution in [2.45, 2.75) is 12.8 Å². The molecule has 2 N–H and O–H groups in total. The van der Waals surface area contributed by atoms with Gasteiger partial charge in [0.1, 0.15) is 0 Å². The van der Waals surface area contributed by atoms with Gasteiger partial charge in [-0.25, -0.2) is 0 Å². The zero-order valence-electron chi connectivity index (χ0n) is 7.50. The van der Waals surface area contributed by atoms with Crippen LogP contribution in [0.5, 0.6) is 0 Å². The Balaban J connectivity index is 2.61. The second-order valence-corrected chi connectivity index (χ2v) is 3.86. The van der Waals surface area contributed by atoms with Crippen molar-refractivity contribution in [3.63, 3.8) is 0 Å². The van der Waals surface area contributed by atoms with Crippen molar-refractivity contribution in [2.75, 3.05) is 0 Å². The highest BCUT2D eigenvalue weighted by molar-refractivity contribution is 7.80. The molecule has 0 aromatic heterocycles. The molecule has 0 radical (unpaired) electrons. The van der Waals surface area contributed by atoms with Gasteiger partial charge in [-0.2, -0.15) is 0 Å². The lowest BCUT2D eigenvalue weighted by molar-refractivity contribution is 0.0985. The number of hydrogen-bond acceptors (Lipinski definition) is 2. The Morgan fingerprint density at radius 1 is 1.29 bits per heavy atom. The summed E-state index contributed by atoms with van der Waals surface area (Å²) in [6, 6.07) is 6.78. The molecule has 0 atom stereocenters. The standard InChI is InChI=1S/C10H10ClNOS/c11-8-3-1-7(2-4-8)9(13)5-6-10(12)14/h1-4H,5-6H2,(H2,12,14). The second kappa shape index (κ2) is 5.08. The summed E-state index contributed by atoms with van der Waals surface area (Å²) in [5.74, 6) is 0.0365. The maximum absolute atomic E-state index is 11.5. The monoisotopic (exact) mass is 227 g/mol. The predicted octanol–water partition coefficient (Wildman–Crippen LogP) is 2.59. The molecule has 14 heavy (non-hydrogen) atoms. The number of ketones is 1. The number of hydrogen-bond donors (Lipinski definition) is 1. The fourth-order valence-electron chi connectivity index (χ4n) is 1.02. The van der Waals surface area contributed by atoms with Crippen molar-refractivity contribution < 1.29 is 4.79 Å². The quantitative estimate of drug-likeness (QED) is 0.635. The Morgan fingerprint density at radius 2 is 1.86 bits per heavy atom. The van der Waals surface area contributed by atoms with Gasteiger partial charge in [-0.3, -0.25) is 4.79 Å². The summed E-state index contributed by atoms with van der Waals surface area (Å²) in [4.78, 5) is 11.9. The molecule has 1 rings (SSSR count). The molecule has 0 bridgehead atoms. The zero-order chi connectivity index (χ0) is 10.6. The minimum atomic E-state index is 0.0365. The van der Waals surface area contributed by atoms with Crippen LogP contribution in [0.15, 0.2) is 24.3 Å². The lowest BCUT2D eigenvalue weighted by Crippen LogP contribution is -2.10. The number of benzene rings is 1. The van der Waals surface area contributed by atoms with E-state index in [0.29, 0.717) is 28.4 Å². The topological polar surface area (TPSA) is 43.1 Å². The van der Waals surface area contributed by atoms with Crippen molar-refractivity contribution in [1.82, 2.24) is 0 Å². The van der Waals surface area contributed by atoms with Crippen molar-refractivity contribution in [3.8, 4) is 0 Å². The predicted molar refractivity (Wildman–Crippen MR) is 61.8 cm³/mol. The highest BCUT2D eigenvalue weighted by Crippen LogP contribution is 2.11. The van der Waals surface area contributed by atoms with Crippen LogP contribution in [0.1, 0.15) is 23.2 Å². The Bertz CT molecular complexity index is 348. The highest BCUT2D eigenvalue weighted by atomic mass is 35.5. The third kappa shape index (κ3) is 3.44. The summed E-state index contributed by atoms with van der Waals surface area (Å²) < 4.78 is 0. The second-order valence-electron chi connectivity index (χ2n) is 2.90. The highest BCUT2D eigenvalue weighted by Gasteiger charge is 2.05. The van der Waals surface area contributed by atoms with Crippen LogP contribution in [-0.2, 0) is 0 Å². The molecule has 1 aromatic carbocycles. The Hall–Kier alpha value is -0.930. The van der Waals surface area contributed by atoms with Crippen LogP contribution in [-0.4, -0.2) is 10.8 Å². The van der Waals surface area contributed by atoms with Crippen LogP contribution in [0.25, 0.3) is 0 Å². The molecular formula is C10H10ClNOS. The maximum atomic E-state index is 11.5. The summed E-state index contributed by atoms with van der Waals surface area (Å²) in [7, 11) is 0. The Kier molecular flexibility index (Phi) is 4.04. The maximum Gasteiger partial charge on any atom is 0.163 e. The van der Waals surface area contributed by atoms with Crippen molar-refractivity contribution in [2.24, 2.45) is 5.73 Å². The fourth-order valence-corrected chi connectivity index (χ4v) is 1.24. The first kappa shape index (κ1) is 11.1. The van der Waals surface area contributed by atoms with Crippen molar-refractivity contribution in [1.29, 1.82) is 0 Å². The molecule has 0 aliphatic heterocycles. The fraction of sp³-hybridized carbons (Fsp3) is 0.200. The largest absolute Gasteiger partial charge is 0.393 e. The lowest BCUT2D eigenvalue weighted by Gasteiger charge is -1.99. The van der Waals surface area contributed by atoms with Gasteiger partial charge < -0.3 is 5.73 Å². The minimum Gasteiger partial charge on any atom is -0.393 e. The molecule has 1 aromatic rings. The number of thiocarbonyl (C=S) groups is 1. The number of carbonyl (C=O) groups is 1. The summed E-state index contributed by atoms with van der Waals surface area (Å²) in [5, 5.41) is 0.621. The smallest absolute Gasteiger partial charge is 0.163 e. The molecule has 0 saturated heterocycles. The van der Waals surface area contributed by atoms with Crippen LogP contribution in [0.3, 0.4) is 0 Å². The molecule has 74 valence electrons. The SMILES string of the molecule is NC(=S)CCC(=O)c1ccc(Cl)cc1. The van der Waals surface area contributed by atoms with Crippen LogP contribution < -0.4 is 5.73 Å². The van der Waals surface area contributed by atoms with Gasteiger partial charge in [0.15, 0.2) is 5.78 Å². The summed E-state index contributed by atoms with van der Waals surface area (Å²) in [6.45, 7) is 0. The summed E-state index contributed by atoms with van der Waals surface area (Å²) in [5.41, 5.74) is 5.95. The average Bonchev–Trinajstić information content (AvgIpc) is 2.15. The van der Waals surface area contributed by atoms with Gasteiger partial charge in [0.25, 0.3) is 0 Å². The van der Waals surface area contributed by atoms with Gasteiger partial charge in [-0.1, -0.05) is 23.8 Å². The first-order valence-corrected chi connectivity index (χ1v) is 4.95. The molecule has 0 amide bonds. The van der Waals surface area contributed by atoms with Gasteiger partial charge >= 0.3 is 0 Å². The first-order valence-electron chi connectivity index (χ1n) is 4.16. The third-order valence-corrected chi connectivity index (χ3v) is 2.22. The van der Waals surface area contributed by atoms with E-state index in [1.165, 1.54) is 0 Å². The van der Waals surface area contributed by atoms with Crippen LogP contribution in [0.4, 0.5) is 0 Å². The van der Waals surface area contributed by atoms with Gasteiger partial charge in [-0.15, -0.1) is 0 Å². The number of halogens is 1. The minimum absolute atomic E-state index is 0.0365. The van der Waals surface area contributed by atoms with E-state index in [1.54, 1.807) is 24.3 Å². The molecule has 2 nitrogen and oxygen atoms in total. The van der Waals surface area contributed by atoms with E-state index < -0.39 is 0 Å². The van der Waals surface area contributed by atoms with E-state index in [2.05, 4.69) is 12.2 Å². The lowest BCUT2D eigenvalue weighted by atomic mass is 10.1. The molecule has 4 heteroatoms. The average molecular weight is 228 g/mol. The van der Waals surface area contributed by atoms with Crippen molar-refractivity contribution >= 4 is 34.6 Å². The van der Waals surface area contributed by atoms with E-state index in [4.69, 9.17) is 17.3 Å². The summed E-state index contributed by atoms with van der Waals surface area (Å²) in [6.07, 6.45) is 0.813. The van der Waals surface area contributed by atoms with Crippen molar-refractivity contribution in [3.05, 3.63) is 34.9 Å². The summed E-state index contributed by atoms with van der Waals surface area (Å²) >= 11 is 10.4. The number of nitrogens with two attached hydrogens (primary N) is 1. The molecule has 0 unspecified atom stereocenters. The molecule has 0 fully saturated rings. The number of carbonyl (C=O) groups excluding carboxylic acids is 1. The van der Waals surface area contributed by atoms with Crippen LogP contribution >= 0.6 is 23.8 Å². The molecule has 0 saturated carbocycles. The van der Waals surface area contributed by atoms with Crippen LogP contribution in [0.2, 0.25) is 5.02 Å². The number of rotatable bonds is 4. The van der Waals surface area contributed by atoms with E-state index in [0.717, 1.165) is 0 Å². The van der Waals surface area contributed by atoms with Gasteiger partial charge in [0, 0.05) is 23.4 Å². The molecule has 0 aliphatic carbocycles. The van der Waals surface area contributed by atoms with Crippen LogP contribution in [0, 0.1) is 0 Å². The molecule has 0 heterocycles. The van der Waals surface area contributed by atoms with E-state index in [1.807, 2.05) is 0 Å². The van der Waals surface area contributed by atoms with E-state index in [-0.39, 0.29) is 5.78 Å². The third-order valence-electron chi connectivity index (χ3n) is 1.76. The molecular weight excluding hydrogens is 218 g/mol. The Labute approximate surface area is 93.1 Å². The van der Waals surface area contributed by atoms with Gasteiger partial charge in [0.05, 0.1) is 4.99 Å². The van der Waals surface area contributed by atoms with Gasteiger partial charge in [-0.05, 0) is 24.3 Å². The number of Topliss-reactive ketones (excluding diaryl/α,β-unsaturated/α-hetero) is 1. The van der Waals surface area contributed by atoms with E-state index >= 15 is 0 Å². The Morgan fingerprint density at radius 3 is 2.36 bits per heavy atom. The first-order chi connectivity index (χ1) is 6.59. The van der Waals surface area contributed by atoms with E-state index in [9.17, 15) is 4.79 Å². The van der Waals surface area contributed by atoms with Gasteiger partial charge in [0.2, 0.25) is 0 Å². The normalized spacial score (nSPS) is 9.79.